The molecule has 1 aliphatic heterocycles. The molecular weight excluding hydrogens is 298 g/mol. The van der Waals surface area contributed by atoms with Crippen LogP contribution < -0.4 is 11.1 Å². The standard InChI is InChI=1S/C16H27N3O2S/c17-11-3-1-4-12-18-15-7-9-16(10-8-15)22(20,21)19-13-5-2-6-14-19/h7-10,18H,1-6,11-14,17H2. The van der Waals surface area contributed by atoms with Crippen LogP contribution in [0.15, 0.2) is 29.2 Å². The molecule has 0 bridgehead atoms. The molecule has 6 heteroatoms. The number of unbranched alkanes of at least 4 members (excludes halogenated alkanes) is 2. The van der Waals surface area contributed by atoms with Crippen molar-refractivity contribution in [2.24, 2.45) is 5.73 Å². The first kappa shape index (κ1) is 17.2. The molecule has 2 rings (SSSR count). The minimum Gasteiger partial charge on any atom is -0.385 e. The maximum absolute atomic E-state index is 12.5. The number of anilines is 1. The van der Waals surface area contributed by atoms with Crippen LogP contribution in [-0.4, -0.2) is 38.9 Å². The van der Waals surface area contributed by atoms with E-state index < -0.39 is 10.0 Å². The Balaban J connectivity index is 1.90. The van der Waals surface area contributed by atoms with Gasteiger partial charge in [0.2, 0.25) is 10.0 Å². The van der Waals surface area contributed by atoms with E-state index in [4.69, 9.17) is 5.73 Å². The van der Waals surface area contributed by atoms with E-state index in [1.165, 1.54) is 0 Å². The largest absolute Gasteiger partial charge is 0.385 e. The summed E-state index contributed by atoms with van der Waals surface area (Å²) in [5.74, 6) is 0. The normalized spacial score (nSPS) is 16.6. The van der Waals surface area contributed by atoms with E-state index in [0.717, 1.165) is 57.3 Å². The number of rotatable bonds is 8. The highest BCUT2D eigenvalue weighted by Gasteiger charge is 2.25. The summed E-state index contributed by atoms with van der Waals surface area (Å²) in [5.41, 5.74) is 6.42. The number of nitrogens with two attached hydrogens (primary N) is 1. The van der Waals surface area contributed by atoms with E-state index in [1.807, 2.05) is 12.1 Å². The van der Waals surface area contributed by atoms with Crippen molar-refractivity contribution in [1.29, 1.82) is 0 Å². The zero-order chi connectivity index (χ0) is 15.8. The van der Waals surface area contributed by atoms with Crippen molar-refractivity contribution in [1.82, 2.24) is 4.31 Å². The molecule has 0 unspecified atom stereocenters. The van der Waals surface area contributed by atoms with E-state index in [-0.39, 0.29) is 0 Å². The van der Waals surface area contributed by atoms with E-state index in [1.54, 1.807) is 16.4 Å². The average molecular weight is 325 g/mol. The van der Waals surface area contributed by atoms with Gasteiger partial charge in [-0.25, -0.2) is 8.42 Å². The molecule has 1 aromatic rings. The van der Waals surface area contributed by atoms with Gasteiger partial charge in [0.05, 0.1) is 4.90 Å². The smallest absolute Gasteiger partial charge is 0.243 e. The number of nitrogens with zero attached hydrogens (tertiary/aromatic N) is 1. The number of sulfonamides is 1. The van der Waals surface area contributed by atoms with Crippen LogP contribution in [0.3, 0.4) is 0 Å². The van der Waals surface area contributed by atoms with Gasteiger partial charge in [-0.3, -0.25) is 0 Å². The number of benzene rings is 1. The van der Waals surface area contributed by atoms with Crippen molar-refractivity contribution in [3.05, 3.63) is 24.3 Å². The van der Waals surface area contributed by atoms with E-state index >= 15 is 0 Å². The molecule has 1 saturated heterocycles. The van der Waals surface area contributed by atoms with Crippen molar-refractivity contribution < 1.29 is 8.42 Å². The fourth-order valence-electron chi connectivity index (χ4n) is 2.68. The van der Waals surface area contributed by atoms with Gasteiger partial charge in [0.25, 0.3) is 0 Å². The number of hydrogen-bond acceptors (Lipinski definition) is 4. The summed E-state index contributed by atoms with van der Waals surface area (Å²) in [6.45, 7) is 2.91. The molecule has 0 atom stereocenters. The zero-order valence-electron chi connectivity index (χ0n) is 13.1. The lowest BCUT2D eigenvalue weighted by atomic mass is 10.2. The van der Waals surface area contributed by atoms with Crippen LogP contribution in [0.1, 0.15) is 38.5 Å². The van der Waals surface area contributed by atoms with Crippen LogP contribution in [0.5, 0.6) is 0 Å². The van der Waals surface area contributed by atoms with Gasteiger partial charge in [-0.15, -0.1) is 0 Å². The van der Waals surface area contributed by atoms with Crippen molar-refractivity contribution in [2.75, 3.05) is 31.5 Å². The van der Waals surface area contributed by atoms with Crippen molar-refractivity contribution in [2.45, 2.75) is 43.4 Å². The van der Waals surface area contributed by atoms with Crippen molar-refractivity contribution >= 4 is 15.7 Å². The Bertz CT molecular complexity index is 537. The highest BCUT2D eigenvalue weighted by atomic mass is 32.2. The Morgan fingerprint density at radius 1 is 1.00 bits per heavy atom. The van der Waals surface area contributed by atoms with Gasteiger partial charge in [0, 0.05) is 25.3 Å². The topological polar surface area (TPSA) is 75.4 Å². The van der Waals surface area contributed by atoms with E-state index in [2.05, 4.69) is 5.32 Å². The van der Waals surface area contributed by atoms with Gasteiger partial charge in [0.15, 0.2) is 0 Å². The summed E-state index contributed by atoms with van der Waals surface area (Å²) in [5, 5.41) is 3.31. The summed E-state index contributed by atoms with van der Waals surface area (Å²) >= 11 is 0. The van der Waals surface area contributed by atoms with Gasteiger partial charge < -0.3 is 11.1 Å². The predicted molar refractivity (Wildman–Crippen MR) is 90.4 cm³/mol. The second kappa shape index (κ2) is 8.50. The Kier molecular flexibility index (Phi) is 6.67. The number of hydrogen-bond donors (Lipinski definition) is 2. The highest BCUT2D eigenvalue weighted by molar-refractivity contribution is 7.89. The molecule has 0 radical (unpaired) electrons. The molecule has 1 aromatic carbocycles. The summed E-state index contributed by atoms with van der Waals surface area (Å²) in [6, 6.07) is 7.10. The number of piperidine rings is 1. The van der Waals surface area contributed by atoms with Crippen LogP contribution >= 0.6 is 0 Å². The Morgan fingerprint density at radius 3 is 2.32 bits per heavy atom. The molecule has 1 heterocycles. The molecule has 1 fully saturated rings. The van der Waals surface area contributed by atoms with Gasteiger partial charge in [-0.05, 0) is 56.5 Å². The average Bonchev–Trinajstić information content (AvgIpc) is 2.56. The molecule has 3 N–H and O–H groups in total. The summed E-state index contributed by atoms with van der Waals surface area (Å²) in [6.07, 6.45) is 6.28. The molecule has 0 aliphatic carbocycles. The van der Waals surface area contributed by atoms with Crippen LogP contribution in [0.25, 0.3) is 0 Å². The van der Waals surface area contributed by atoms with Gasteiger partial charge in [-0.2, -0.15) is 4.31 Å². The first-order valence-corrected chi connectivity index (χ1v) is 9.63. The third-order valence-electron chi connectivity index (χ3n) is 4.02. The minimum atomic E-state index is -3.32. The van der Waals surface area contributed by atoms with Crippen LogP contribution in [0, 0.1) is 0 Å². The second-order valence-electron chi connectivity index (χ2n) is 5.77. The van der Waals surface area contributed by atoms with E-state index in [0.29, 0.717) is 18.0 Å². The molecule has 124 valence electrons. The van der Waals surface area contributed by atoms with Crippen LogP contribution in [0.2, 0.25) is 0 Å². The molecule has 22 heavy (non-hydrogen) atoms. The molecule has 0 amide bonds. The maximum Gasteiger partial charge on any atom is 0.243 e. The molecule has 5 nitrogen and oxygen atoms in total. The Hall–Kier alpha value is -1.11. The number of nitrogens with one attached hydrogen (secondary N) is 1. The first-order chi connectivity index (χ1) is 10.6. The molecule has 1 aliphatic rings. The lowest BCUT2D eigenvalue weighted by Gasteiger charge is -2.25. The molecule has 0 spiro atoms. The third kappa shape index (κ3) is 4.69. The summed E-state index contributed by atoms with van der Waals surface area (Å²) in [4.78, 5) is 0.392. The maximum atomic E-state index is 12.5. The van der Waals surface area contributed by atoms with Gasteiger partial charge >= 0.3 is 0 Å². The molecule has 0 saturated carbocycles. The fourth-order valence-corrected chi connectivity index (χ4v) is 4.19. The quantitative estimate of drug-likeness (QED) is 0.720. The first-order valence-electron chi connectivity index (χ1n) is 8.19. The second-order valence-corrected chi connectivity index (χ2v) is 7.70. The van der Waals surface area contributed by atoms with Crippen molar-refractivity contribution in [3.63, 3.8) is 0 Å². The fraction of sp³-hybridized carbons (Fsp3) is 0.625. The van der Waals surface area contributed by atoms with Gasteiger partial charge in [-0.1, -0.05) is 12.8 Å². The summed E-state index contributed by atoms with van der Waals surface area (Å²) in [7, 11) is -3.32. The summed E-state index contributed by atoms with van der Waals surface area (Å²) < 4.78 is 26.7. The minimum absolute atomic E-state index is 0.392. The lowest BCUT2D eigenvalue weighted by Crippen LogP contribution is -2.35. The molecular formula is C16H27N3O2S. The monoisotopic (exact) mass is 325 g/mol. The highest BCUT2D eigenvalue weighted by Crippen LogP contribution is 2.21. The Morgan fingerprint density at radius 2 is 1.68 bits per heavy atom. The lowest BCUT2D eigenvalue weighted by molar-refractivity contribution is 0.346. The van der Waals surface area contributed by atoms with E-state index in [9.17, 15) is 8.42 Å². The molecule has 0 aromatic heterocycles. The van der Waals surface area contributed by atoms with Crippen LogP contribution in [-0.2, 0) is 10.0 Å². The van der Waals surface area contributed by atoms with Crippen molar-refractivity contribution in [3.8, 4) is 0 Å². The predicted octanol–water partition coefficient (Wildman–Crippen LogP) is 2.40. The zero-order valence-corrected chi connectivity index (χ0v) is 13.9. The Labute approximate surface area is 133 Å². The van der Waals surface area contributed by atoms with Gasteiger partial charge in [0.1, 0.15) is 0 Å². The third-order valence-corrected chi connectivity index (χ3v) is 5.93. The SMILES string of the molecule is NCCCCCNc1ccc(S(=O)(=O)N2CCCCC2)cc1. The van der Waals surface area contributed by atoms with Crippen LogP contribution in [0.4, 0.5) is 5.69 Å².